The van der Waals surface area contributed by atoms with Gasteiger partial charge in [-0.2, -0.15) is 4.31 Å². The van der Waals surface area contributed by atoms with Crippen LogP contribution in [0.2, 0.25) is 0 Å². The number of benzene rings is 1. The number of nitrogens with one attached hydrogen (secondary N) is 1. The van der Waals surface area contributed by atoms with Crippen LogP contribution in [0, 0.1) is 16.0 Å². The standard InChI is InChI=1S/C18H27N3O5S/c1-13-5-3-9-20(12-13)27(24,25)15-7-8-16(17(11-15)21(22)23)19-14(2)18-6-4-10-26-18/h7-8,11,13-14,18-19H,3-6,9-10,12H2,1-2H3/t13-,14+,18+/m1/s1. The summed E-state index contributed by atoms with van der Waals surface area (Å²) in [5.74, 6) is 0.289. The van der Waals surface area contributed by atoms with E-state index in [1.54, 1.807) is 0 Å². The van der Waals surface area contributed by atoms with Crippen molar-refractivity contribution in [2.24, 2.45) is 5.92 Å². The van der Waals surface area contributed by atoms with Crippen LogP contribution in [0.5, 0.6) is 0 Å². The summed E-state index contributed by atoms with van der Waals surface area (Å²) in [7, 11) is -3.74. The van der Waals surface area contributed by atoms with Gasteiger partial charge in [0.2, 0.25) is 10.0 Å². The van der Waals surface area contributed by atoms with Crippen LogP contribution in [0.25, 0.3) is 0 Å². The second-order valence-corrected chi connectivity index (χ2v) is 9.47. The van der Waals surface area contributed by atoms with E-state index in [1.807, 2.05) is 13.8 Å². The highest BCUT2D eigenvalue weighted by Gasteiger charge is 2.31. The van der Waals surface area contributed by atoms with Crippen molar-refractivity contribution in [3.63, 3.8) is 0 Å². The van der Waals surface area contributed by atoms with Gasteiger partial charge in [0.15, 0.2) is 0 Å². The maximum absolute atomic E-state index is 12.9. The molecule has 2 aliphatic heterocycles. The average molecular weight is 397 g/mol. The van der Waals surface area contributed by atoms with E-state index in [0.717, 1.165) is 25.7 Å². The highest BCUT2D eigenvalue weighted by atomic mass is 32.2. The number of nitro benzene ring substituents is 1. The van der Waals surface area contributed by atoms with Crippen LogP contribution >= 0.6 is 0 Å². The summed E-state index contributed by atoms with van der Waals surface area (Å²) in [5, 5.41) is 14.7. The van der Waals surface area contributed by atoms with Gasteiger partial charge in [-0.05, 0) is 50.7 Å². The number of ether oxygens (including phenoxy) is 1. The van der Waals surface area contributed by atoms with Gasteiger partial charge in [0.1, 0.15) is 5.69 Å². The predicted octanol–water partition coefficient (Wildman–Crippen LogP) is 2.99. The fourth-order valence-corrected chi connectivity index (χ4v) is 5.41. The van der Waals surface area contributed by atoms with Crippen LogP contribution in [0.1, 0.15) is 39.5 Å². The van der Waals surface area contributed by atoms with Crippen LogP contribution < -0.4 is 5.32 Å². The SMILES string of the molecule is C[C@@H]1CCCN(S(=O)(=O)c2ccc(N[C@@H](C)[C@@H]3CCCO3)c([N+](=O)[O-])c2)C1. The molecule has 27 heavy (non-hydrogen) atoms. The molecule has 1 aromatic rings. The molecule has 2 fully saturated rings. The number of nitro groups is 1. The van der Waals surface area contributed by atoms with Crippen molar-refractivity contribution < 1.29 is 18.1 Å². The topological polar surface area (TPSA) is 102 Å². The summed E-state index contributed by atoms with van der Waals surface area (Å²) < 4.78 is 32.9. The molecule has 0 amide bonds. The van der Waals surface area contributed by atoms with Crippen molar-refractivity contribution in [3.05, 3.63) is 28.3 Å². The van der Waals surface area contributed by atoms with Gasteiger partial charge in [0, 0.05) is 31.8 Å². The number of hydrogen-bond acceptors (Lipinski definition) is 6. The molecule has 0 aliphatic carbocycles. The fraction of sp³-hybridized carbons (Fsp3) is 0.667. The number of rotatable bonds is 6. The Kier molecular flexibility index (Phi) is 6.02. The summed E-state index contributed by atoms with van der Waals surface area (Å²) in [4.78, 5) is 11.0. The first-order valence-electron chi connectivity index (χ1n) is 9.46. The highest BCUT2D eigenvalue weighted by molar-refractivity contribution is 7.89. The van der Waals surface area contributed by atoms with Crippen molar-refractivity contribution in [2.75, 3.05) is 25.0 Å². The van der Waals surface area contributed by atoms with Gasteiger partial charge >= 0.3 is 0 Å². The monoisotopic (exact) mass is 397 g/mol. The van der Waals surface area contributed by atoms with Crippen LogP contribution in [-0.2, 0) is 14.8 Å². The lowest BCUT2D eigenvalue weighted by atomic mass is 10.0. The smallest absolute Gasteiger partial charge is 0.293 e. The second kappa shape index (κ2) is 8.12. The van der Waals surface area contributed by atoms with E-state index >= 15 is 0 Å². The van der Waals surface area contributed by atoms with E-state index in [-0.39, 0.29) is 28.6 Å². The van der Waals surface area contributed by atoms with Crippen molar-refractivity contribution in [1.29, 1.82) is 0 Å². The molecule has 0 spiro atoms. The lowest BCUT2D eigenvalue weighted by Crippen LogP contribution is -2.39. The molecule has 150 valence electrons. The summed E-state index contributed by atoms with van der Waals surface area (Å²) in [6.07, 6.45) is 3.69. The molecule has 0 radical (unpaired) electrons. The molecule has 3 atom stereocenters. The van der Waals surface area contributed by atoms with Gasteiger partial charge in [0.25, 0.3) is 5.69 Å². The van der Waals surface area contributed by atoms with E-state index in [2.05, 4.69) is 5.32 Å². The zero-order chi connectivity index (χ0) is 19.6. The Bertz CT molecular complexity index is 792. The van der Waals surface area contributed by atoms with Gasteiger partial charge in [-0.25, -0.2) is 8.42 Å². The van der Waals surface area contributed by atoms with Gasteiger partial charge < -0.3 is 10.1 Å². The first-order valence-corrected chi connectivity index (χ1v) is 10.9. The summed E-state index contributed by atoms with van der Waals surface area (Å²) in [5.41, 5.74) is 0.0833. The van der Waals surface area contributed by atoms with Gasteiger partial charge in [-0.3, -0.25) is 10.1 Å². The molecule has 8 nitrogen and oxygen atoms in total. The van der Waals surface area contributed by atoms with Gasteiger partial charge in [0.05, 0.1) is 15.9 Å². The minimum absolute atomic E-state index is 0.00264. The molecule has 2 aliphatic rings. The van der Waals surface area contributed by atoms with Gasteiger partial charge in [-0.1, -0.05) is 6.92 Å². The zero-order valence-corrected chi connectivity index (χ0v) is 16.6. The third-order valence-corrected chi connectivity index (χ3v) is 7.19. The van der Waals surface area contributed by atoms with Crippen molar-refractivity contribution >= 4 is 21.4 Å². The number of piperidine rings is 1. The van der Waals surface area contributed by atoms with E-state index in [9.17, 15) is 18.5 Å². The minimum atomic E-state index is -3.74. The molecule has 0 aromatic heterocycles. The largest absolute Gasteiger partial charge is 0.376 e. The van der Waals surface area contributed by atoms with E-state index in [4.69, 9.17) is 4.74 Å². The molecule has 2 saturated heterocycles. The lowest BCUT2D eigenvalue weighted by molar-refractivity contribution is -0.384. The molecular weight excluding hydrogens is 370 g/mol. The molecular formula is C18H27N3O5S. The second-order valence-electron chi connectivity index (χ2n) is 7.53. The van der Waals surface area contributed by atoms with E-state index in [0.29, 0.717) is 25.4 Å². The Labute approximate surface area is 160 Å². The summed E-state index contributed by atoms with van der Waals surface area (Å²) in [6, 6.07) is 4.01. The normalized spacial score (nSPS) is 25.3. The Morgan fingerprint density at radius 1 is 1.33 bits per heavy atom. The molecule has 0 unspecified atom stereocenters. The van der Waals surface area contributed by atoms with Gasteiger partial charge in [-0.15, -0.1) is 0 Å². The molecule has 9 heteroatoms. The average Bonchev–Trinajstić information content (AvgIpc) is 3.16. The van der Waals surface area contributed by atoms with Crippen molar-refractivity contribution in [1.82, 2.24) is 4.31 Å². The molecule has 3 rings (SSSR count). The van der Waals surface area contributed by atoms with Crippen molar-refractivity contribution in [2.45, 2.75) is 56.6 Å². The summed E-state index contributed by atoms with van der Waals surface area (Å²) >= 11 is 0. The van der Waals surface area contributed by atoms with E-state index in [1.165, 1.54) is 22.5 Å². The van der Waals surface area contributed by atoms with Crippen LogP contribution in [-0.4, -0.2) is 49.5 Å². The molecule has 1 aromatic carbocycles. The molecule has 0 bridgehead atoms. The fourth-order valence-electron chi connectivity index (χ4n) is 3.79. The first kappa shape index (κ1) is 20.0. The number of sulfonamides is 1. The van der Waals surface area contributed by atoms with Crippen LogP contribution in [0.15, 0.2) is 23.1 Å². The zero-order valence-electron chi connectivity index (χ0n) is 15.8. The Morgan fingerprint density at radius 2 is 2.11 bits per heavy atom. The third kappa shape index (κ3) is 4.41. The Balaban J connectivity index is 1.85. The Morgan fingerprint density at radius 3 is 2.74 bits per heavy atom. The molecule has 1 N–H and O–H groups in total. The number of anilines is 1. The highest BCUT2D eigenvalue weighted by Crippen LogP contribution is 2.32. The number of nitrogens with zero attached hydrogens (tertiary/aromatic N) is 2. The Hall–Kier alpha value is -1.71. The summed E-state index contributed by atoms with van der Waals surface area (Å²) in [6.45, 7) is 5.54. The molecule has 2 heterocycles. The van der Waals surface area contributed by atoms with E-state index < -0.39 is 14.9 Å². The minimum Gasteiger partial charge on any atom is -0.376 e. The van der Waals surface area contributed by atoms with Crippen LogP contribution in [0.4, 0.5) is 11.4 Å². The lowest BCUT2D eigenvalue weighted by Gasteiger charge is -2.30. The predicted molar refractivity (Wildman–Crippen MR) is 102 cm³/mol. The van der Waals surface area contributed by atoms with Crippen molar-refractivity contribution in [3.8, 4) is 0 Å². The maximum atomic E-state index is 12.9. The molecule has 0 saturated carbocycles. The third-order valence-electron chi connectivity index (χ3n) is 5.33. The number of hydrogen-bond donors (Lipinski definition) is 1. The van der Waals surface area contributed by atoms with Crippen LogP contribution in [0.3, 0.4) is 0 Å². The first-order chi connectivity index (χ1) is 12.8. The maximum Gasteiger partial charge on any atom is 0.293 e. The quantitative estimate of drug-likeness (QED) is 0.585.